The van der Waals surface area contributed by atoms with Crippen molar-refractivity contribution in [2.45, 2.75) is 51.6 Å². The number of nitrogens with one attached hydrogen (secondary N) is 2. The zero-order chi connectivity index (χ0) is 21.1. The number of hydrazine groups is 1. The van der Waals surface area contributed by atoms with E-state index in [2.05, 4.69) is 10.9 Å². The summed E-state index contributed by atoms with van der Waals surface area (Å²) in [5, 5.41) is 0. The van der Waals surface area contributed by atoms with Gasteiger partial charge >= 0.3 is 0 Å². The molecule has 7 nitrogen and oxygen atoms in total. The van der Waals surface area contributed by atoms with Crippen LogP contribution in [0.2, 0.25) is 0 Å². The van der Waals surface area contributed by atoms with Crippen molar-refractivity contribution in [2.24, 2.45) is 0 Å². The first-order valence-electron chi connectivity index (χ1n) is 10.3. The average Bonchev–Trinajstić information content (AvgIpc) is 3.12. The highest BCUT2D eigenvalue weighted by Crippen LogP contribution is 2.33. The van der Waals surface area contributed by atoms with Gasteiger partial charge in [-0.25, -0.2) is 0 Å². The van der Waals surface area contributed by atoms with Crippen LogP contribution in [0.4, 0.5) is 5.69 Å². The number of hydrogen-bond acceptors (Lipinski definition) is 5. The second kappa shape index (κ2) is 8.87. The number of benzene rings is 1. The Balaban J connectivity index is 1.39. The lowest BCUT2D eigenvalue weighted by Gasteiger charge is -2.33. The fraction of sp³-hybridized carbons (Fsp3) is 0.409. The minimum Gasteiger partial charge on any atom is -0.476 e. The van der Waals surface area contributed by atoms with E-state index in [0.29, 0.717) is 16.3 Å². The lowest BCUT2D eigenvalue weighted by Crippen LogP contribution is -2.54. The Hall–Kier alpha value is -2.87. The Kier molecular flexibility index (Phi) is 6.03. The molecule has 2 aromatic rings. The molecule has 0 fully saturated rings. The van der Waals surface area contributed by atoms with Gasteiger partial charge < -0.3 is 9.64 Å². The van der Waals surface area contributed by atoms with Crippen molar-refractivity contribution in [2.75, 3.05) is 11.4 Å². The molecular formula is C22H25N3O4S. The van der Waals surface area contributed by atoms with E-state index in [1.54, 1.807) is 18.2 Å². The van der Waals surface area contributed by atoms with Crippen LogP contribution >= 0.6 is 11.3 Å². The van der Waals surface area contributed by atoms with E-state index in [9.17, 15) is 14.4 Å². The number of rotatable bonds is 2. The van der Waals surface area contributed by atoms with Crippen molar-refractivity contribution in [3.05, 3.63) is 45.6 Å². The fourth-order valence-electron chi connectivity index (χ4n) is 3.89. The van der Waals surface area contributed by atoms with Gasteiger partial charge in [-0.15, -0.1) is 11.3 Å². The Morgan fingerprint density at radius 1 is 1.07 bits per heavy atom. The van der Waals surface area contributed by atoms with E-state index in [-0.39, 0.29) is 18.4 Å². The maximum absolute atomic E-state index is 12.6. The number of fused-ring (bicyclic) bond motifs is 2. The molecule has 1 aromatic carbocycles. The van der Waals surface area contributed by atoms with Crippen molar-refractivity contribution in [1.82, 2.24) is 10.9 Å². The maximum Gasteiger partial charge on any atom is 0.281 e. The molecule has 8 heteroatoms. The first kappa shape index (κ1) is 20.4. The van der Waals surface area contributed by atoms with Crippen molar-refractivity contribution < 1.29 is 19.1 Å². The van der Waals surface area contributed by atoms with Crippen molar-refractivity contribution in [1.29, 1.82) is 0 Å². The highest BCUT2D eigenvalue weighted by Gasteiger charge is 2.32. The molecule has 0 unspecified atom stereocenters. The number of thiophene rings is 1. The molecule has 2 heterocycles. The third-order valence-corrected chi connectivity index (χ3v) is 6.70. The van der Waals surface area contributed by atoms with E-state index in [0.717, 1.165) is 25.7 Å². The molecule has 0 saturated carbocycles. The van der Waals surface area contributed by atoms with Crippen LogP contribution in [-0.2, 0) is 22.4 Å². The first-order chi connectivity index (χ1) is 14.5. The Morgan fingerprint density at radius 3 is 2.63 bits per heavy atom. The summed E-state index contributed by atoms with van der Waals surface area (Å²) in [5.74, 6) is -0.550. The zero-order valence-electron chi connectivity index (χ0n) is 16.9. The van der Waals surface area contributed by atoms with Crippen LogP contribution in [0.5, 0.6) is 5.75 Å². The molecule has 0 radical (unpaired) electrons. The largest absolute Gasteiger partial charge is 0.476 e. The third-order valence-electron chi connectivity index (χ3n) is 5.47. The third kappa shape index (κ3) is 4.33. The van der Waals surface area contributed by atoms with Crippen LogP contribution < -0.4 is 20.5 Å². The molecule has 1 aromatic heterocycles. The van der Waals surface area contributed by atoms with Crippen molar-refractivity contribution in [3.8, 4) is 5.75 Å². The lowest BCUT2D eigenvalue weighted by molar-refractivity contribution is -0.129. The number of hydrogen-bond donors (Lipinski definition) is 2. The van der Waals surface area contributed by atoms with Gasteiger partial charge in [0, 0.05) is 11.8 Å². The lowest BCUT2D eigenvalue weighted by atomic mass is 10.00. The molecule has 30 heavy (non-hydrogen) atoms. The molecule has 158 valence electrons. The van der Waals surface area contributed by atoms with E-state index in [1.165, 1.54) is 46.4 Å². The minimum absolute atomic E-state index is 0.0847. The van der Waals surface area contributed by atoms with E-state index in [4.69, 9.17) is 4.74 Å². The normalized spacial score (nSPS) is 18.2. The standard InChI is InChI=1S/C22H25N3O4S/c1-14(26)25-13-18(29-17-10-7-6-9-16(17)25)21(27)23-24-22(28)20-12-15-8-4-2-3-5-11-19(15)30-20/h6-7,9-10,12,18H,2-5,8,11,13H2,1H3,(H,23,27)(H,24,28)/t18-/m0/s1. The highest BCUT2D eigenvalue weighted by atomic mass is 32.1. The second-order valence-corrected chi connectivity index (χ2v) is 8.76. The van der Waals surface area contributed by atoms with Gasteiger partial charge in [-0.05, 0) is 49.4 Å². The minimum atomic E-state index is -0.910. The summed E-state index contributed by atoms with van der Waals surface area (Å²) in [6.07, 6.45) is 5.86. The molecule has 2 N–H and O–H groups in total. The van der Waals surface area contributed by atoms with Gasteiger partial charge in [-0.1, -0.05) is 25.0 Å². The summed E-state index contributed by atoms with van der Waals surface area (Å²) in [4.78, 5) is 40.6. The first-order valence-corrected chi connectivity index (χ1v) is 11.1. The summed E-state index contributed by atoms with van der Waals surface area (Å²) < 4.78 is 5.75. The van der Waals surface area contributed by atoms with Gasteiger partial charge in [0.25, 0.3) is 11.8 Å². The van der Waals surface area contributed by atoms with Gasteiger partial charge in [-0.2, -0.15) is 0 Å². The van der Waals surface area contributed by atoms with Crippen molar-refractivity contribution >= 4 is 34.7 Å². The predicted molar refractivity (Wildman–Crippen MR) is 115 cm³/mol. The summed E-state index contributed by atoms with van der Waals surface area (Å²) >= 11 is 1.50. The van der Waals surface area contributed by atoms with Crippen molar-refractivity contribution in [3.63, 3.8) is 0 Å². The molecule has 1 aliphatic carbocycles. The highest BCUT2D eigenvalue weighted by molar-refractivity contribution is 7.14. The topological polar surface area (TPSA) is 87.7 Å². The van der Waals surface area contributed by atoms with Gasteiger partial charge in [0.1, 0.15) is 5.75 Å². The van der Waals surface area contributed by atoms with Gasteiger partial charge in [0.15, 0.2) is 6.10 Å². The number of carbonyl (C=O) groups is 3. The molecule has 0 bridgehead atoms. The van der Waals surface area contributed by atoms with Crippen LogP contribution in [0.15, 0.2) is 30.3 Å². The molecule has 0 spiro atoms. The molecule has 1 aliphatic heterocycles. The maximum atomic E-state index is 12.6. The smallest absolute Gasteiger partial charge is 0.281 e. The molecular weight excluding hydrogens is 402 g/mol. The Bertz CT molecular complexity index is 946. The monoisotopic (exact) mass is 427 g/mol. The van der Waals surface area contributed by atoms with Crippen LogP contribution in [0.25, 0.3) is 0 Å². The summed E-state index contributed by atoms with van der Waals surface area (Å²) in [6.45, 7) is 1.53. The summed E-state index contributed by atoms with van der Waals surface area (Å²) in [7, 11) is 0. The van der Waals surface area contributed by atoms with E-state index in [1.807, 2.05) is 12.1 Å². The molecule has 1 atom stereocenters. The van der Waals surface area contributed by atoms with Crippen LogP contribution in [0, 0.1) is 0 Å². The average molecular weight is 428 g/mol. The van der Waals surface area contributed by atoms with Gasteiger partial charge in [0.05, 0.1) is 17.1 Å². The SMILES string of the molecule is CC(=O)N1C[C@@H](C(=O)NNC(=O)c2cc3c(s2)CCCCCC3)Oc2ccccc21. The number of anilines is 1. The molecule has 2 aliphatic rings. The molecule has 0 saturated heterocycles. The van der Waals surface area contributed by atoms with E-state index < -0.39 is 12.0 Å². The number of ether oxygens (including phenoxy) is 1. The van der Waals surface area contributed by atoms with Crippen LogP contribution in [-0.4, -0.2) is 30.4 Å². The molecule has 3 amide bonds. The zero-order valence-corrected chi connectivity index (χ0v) is 17.7. The van der Waals surface area contributed by atoms with Crippen LogP contribution in [0.1, 0.15) is 52.7 Å². The number of carbonyl (C=O) groups excluding carboxylic acids is 3. The van der Waals surface area contributed by atoms with Gasteiger partial charge in [0.2, 0.25) is 5.91 Å². The number of amides is 3. The number of para-hydroxylation sites is 2. The second-order valence-electron chi connectivity index (χ2n) is 7.62. The Labute approximate surface area is 179 Å². The summed E-state index contributed by atoms with van der Waals surface area (Å²) in [5.41, 5.74) is 6.83. The Morgan fingerprint density at radius 2 is 1.83 bits per heavy atom. The molecule has 4 rings (SSSR count). The van der Waals surface area contributed by atoms with E-state index >= 15 is 0 Å². The predicted octanol–water partition coefficient (Wildman–Crippen LogP) is 2.98. The summed E-state index contributed by atoms with van der Waals surface area (Å²) in [6, 6.07) is 9.02. The fourth-order valence-corrected chi connectivity index (χ4v) is 5.03. The quantitative estimate of drug-likeness (QED) is 0.722. The number of aryl methyl sites for hydroxylation is 2. The number of nitrogens with zero attached hydrogens (tertiary/aromatic N) is 1. The van der Waals surface area contributed by atoms with Gasteiger partial charge in [-0.3, -0.25) is 25.2 Å². The van der Waals surface area contributed by atoms with Crippen LogP contribution in [0.3, 0.4) is 0 Å².